The second-order valence-corrected chi connectivity index (χ2v) is 2.02. The highest BCUT2D eigenvalue weighted by Gasteiger charge is 2.26. The second kappa shape index (κ2) is 1.59. The average molecular weight is 120 g/mol. The van der Waals surface area contributed by atoms with Gasteiger partial charge in [-0.05, 0) is 0 Å². The third-order valence-electron chi connectivity index (χ3n) is 0.514. The summed E-state index contributed by atoms with van der Waals surface area (Å²) in [4.78, 5) is 4.28. The van der Waals surface area contributed by atoms with Crippen LogP contribution in [0.2, 0.25) is 0 Å². The van der Waals surface area contributed by atoms with Crippen LogP contribution in [-0.2, 0) is 18.4 Å². The van der Waals surface area contributed by atoms with Crippen molar-refractivity contribution in [1.29, 1.82) is 0 Å². The van der Waals surface area contributed by atoms with Gasteiger partial charge >= 0.3 is 9.17 Å². The lowest BCUT2D eigenvalue weighted by atomic mass is 10.8. The van der Waals surface area contributed by atoms with Crippen LogP contribution < -0.4 is 0 Å². The third-order valence-corrected chi connectivity index (χ3v) is 1.27. The fourth-order valence-electron chi connectivity index (χ4n) is 0.282. The molecule has 0 aromatic rings. The maximum Gasteiger partial charge on any atom is 0.803 e. The summed E-state index contributed by atoms with van der Waals surface area (Å²) in [7, 11) is -2.28. The monoisotopic (exact) mass is 120 g/mol. The van der Waals surface area contributed by atoms with E-state index in [2.05, 4.69) is 13.9 Å². The zero-order valence-electron chi connectivity index (χ0n) is 3.71. The molecule has 4 nitrogen and oxygen atoms in total. The molecule has 0 radical (unpaired) electrons. The van der Waals surface area contributed by atoms with E-state index in [1.165, 1.54) is 0 Å². The number of hydrogen-bond donors (Lipinski definition) is 0. The van der Waals surface area contributed by atoms with Gasteiger partial charge in [-0.2, -0.15) is 4.89 Å². The SMILES string of the molecule is CC1OO[Si](=O)O1. The van der Waals surface area contributed by atoms with Crippen LogP contribution in [0.4, 0.5) is 0 Å². The van der Waals surface area contributed by atoms with Crippen molar-refractivity contribution >= 4 is 9.17 Å². The lowest BCUT2D eigenvalue weighted by molar-refractivity contribution is -0.241. The summed E-state index contributed by atoms with van der Waals surface area (Å²) in [5.41, 5.74) is 0. The summed E-state index contributed by atoms with van der Waals surface area (Å²) in [5.74, 6) is 0. The lowest BCUT2D eigenvalue weighted by Gasteiger charge is -1.91. The van der Waals surface area contributed by atoms with Gasteiger partial charge < -0.3 is 9.00 Å². The highest BCUT2D eigenvalue weighted by atomic mass is 28.3. The van der Waals surface area contributed by atoms with E-state index < -0.39 is 15.5 Å². The van der Waals surface area contributed by atoms with Gasteiger partial charge in [0.25, 0.3) is 0 Å². The summed E-state index contributed by atoms with van der Waals surface area (Å²) in [5, 5.41) is 0. The quantitative estimate of drug-likeness (QED) is 0.326. The van der Waals surface area contributed by atoms with E-state index in [1.54, 1.807) is 6.92 Å². The van der Waals surface area contributed by atoms with Crippen LogP contribution in [0, 0.1) is 0 Å². The van der Waals surface area contributed by atoms with E-state index in [0.717, 1.165) is 0 Å². The molecule has 1 saturated heterocycles. The maximum atomic E-state index is 10.1. The van der Waals surface area contributed by atoms with Gasteiger partial charge in [0.15, 0.2) is 0 Å². The molecule has 0 bridgehead atoms. The Morgan fingerprint density at radius 1 is 1.71 bits per heavy atom. The molecule has 0 spiro atoms. The normalized spacial score (nSPS) is 29.3. The van der Waals surface area contributed by atoms with Crippen LogP contribution in [-0.4, -0.2) is 15.5 Å². The fourth-order valence-corrected chi connectivity index (χ4v) is 0.845. The molecule has 1 atom stereocenters. The Labute approximate surface area is 41.8 Å². The first-order valence-electron chi connectivity index (χ1n) is 1.83. The zero-order valence-corrected chi connectivity index (χ0v) is 4.71. The van der Waals surface area contributed by atoms with Gasteiger partial charge in [-0.1, -0.05) is 0 Å². The van der Waals surface area contributed by atoms with Crippen LogP contribution in [0.15, 0.2) is 0 Å². The standard InChI is InChI=1S/C2H4O4Si/c1-2-4-6-7(3)5-2/h2H,1H3. The molecule has 1 rings (SSSR count). The van der Waals surface area contributed by atoms with Crippen LogP contribution in [0.5, 0.6) is 0 Å². The summed E-state index contributed by atoms with van der Waals surface area (Å²) in [6, 6.07) is 0. The van der Waals surface area contributed by atoms with E-state index in [-0.39, 0.29) is 0 Å². The molecule has 0 saturated carbocycles. The van der Waals surface area contributed by atoms with Crippen molar-refractivity contribution in [3.63, 3.8) is 0 Å². The first-order valence-corrected chi connectivity index (χ1v) is 3.05. The molecule has 0 amide bonds. The first kappa shape index (κ1) is 4.73. The molecule has 1 aliphatic heterocycles. The summed E-state index contributed by atoms with van der Waals surface area (Å²) in [6.07, 6.45) is -0.466. The van der Waals surface area contributed by atoms with Crippen LogP contribution in [0.25, 0.3) is 0 Å². The molecule has 5 heteroatoms. The Balaban J connectivity index is 2.40. The second-order valence-electron chi connectivity index (χ2n) is 1.12. The topological polar surface area (TPSA) is 44.8 Å². The Bertz CT molecular complexity index is 91.7. The van der Waals surface area contributed by atoms with Crippen LogP contribution in [0.1, 0.15) is 6.92 Å². The number of hydrogen-bond acceptors (Lipinski definition) is 4. The predicted molar refractivity (Wildman–Crippen MR) is 19.2 cm³/mol. The largest absolute Gasteiger partial charge is 0.803 e. The average Bonchev–Trinajstić information content (AvgIpc) is 1.87. The van der Waals surface area contributed by atoms with Crippen molar-refractivity contribution in [2.24, 2.45) is 0 Å². The molecule has 0 aliphatic carbocycles. The minimum absolute atomic E-state index is 0.466. The van der Waals surface area contributed by atoms with E-state index in [4.69, 9.17) is 0 Å². The molecule has 0 N–H and O–H groups in total. The van der Waals surface area contributed by atoms with Crippen molar-refractivity contribution in [2.45, 2.75) is 13.2 Å². The van der Waals surface area contributed by atoms with Gasteiger partial charge in [-0.25, -0.2) is 0 Å². The fraction of sp³-hybridized carbons (Fsp3) is 1.00. The molecule has 7 heavy (non-hydrogen) atoms. The van der Waals surface area contributed by atoms with E-state index in [1.807, 2.05) is 0 Å². The third kappa shape index (κ3) is 0.970. The lowest BCUT2D eigenvalue weighted by Crippen LogP contribution is -2.02. The summed E-state index contributed by atoms with van der Waals surface area (Å²) < 4.78 is 18.6. The molecular weight excluding hydrogens is 116 g/mol. The van der Waals surface area contributed by atoms with Crippen LogP contribution in [0.3, 0.4) is 0 Å². The van der Waals surface area contributed by atoms with Gasteiger partial charge in [-0.15, -0.1) is 0 Å². The minimum Gasteiger partial charge on any atom is -0.465 e. The van der Waals surface area contributed by atoms with Gasteiger partial charge in [0.05, 0.1) is 0 Å². The van der Waals surface area contributed by atoms with Crippen molar-refractivity contribution in [1.82, 2.24) is 0 Å². The van der Waals surface area contributed by atoms with E-state index >= 15 is 0 Å². The highest BCUT2D eigenvalue weighted by molar-refractivity contribution is 6.26. The molecule has 1 unspecified atom stereocenters. The molecule has 1 aliphatic rings. The molecular formula is C2H4O4Si. The zero-order chi connectivity index (χ0) is 5.28. The van der Waals surface area contributed by atoms with Crippen molar-refractivity contribution in [2.75, 3.05) is 0 Å². The van der Waals surface area contributed by atoms with Gasteiger partial charge in [0, 0.05) is 6.92 Å². The Hall–Kier alpha value is -0.423. The van der Waals surface area contributed by atoms with E-state index in [0.29, 0.717) is 0 Å². The van der Waals surface area contributed by atoms with Crippen LogP contribution >= 0.6 is 0 Å². The molecule has 1 fully saturated rings. The Morgan fingerprint density at radius 2 is 2.43 bits per heavy atom. The molecule has 0 aromatic carbocycles. The molecule has 1 heterocycles. The van der Waals surface area contributed by atoms with Crippen molar-refractivity contribution < 1.29 is 18.4 Å². The van der Waals surface area contributed by atoms with Crippen molar-refractivity contribution in [3.05, 3.63) is 0 Å². The van der Waals surface area contributed by atoms with Crippen molar-refractivity contribution in [3.8, 4) is 0 Å². The Kier molecular flexibility index (Phi) is 1.07. The number of rotatable bonds is 0. The van der Waals surface area contributed by atoms with Gasteiger partial charge in [0.1, 0.15) is 0 Å². The first-order chi connectivity index (χ1) is 3.29. The molecule has 40 valence electrons. The summed E-state index contributed by atoms with van der Waals surface area (Å²) >= 11 is 0. The minimum atomic E-state index is -2.28. The van der Waals surface area contributed by atoms with Gasteiger partial charge in [-0.3, -0.25) is 4.46 Å². The smallest absolute Gasteiger partial charge is 0.465 e. The molecule has 0 aromatic heterocycles. The Morgan fingerprint density at radius 3 is 2.57 bits per heavy atom. The maximum absolute atomic E-state index is 10.1. The summed E-state index contributed by atoms with van der Waals surface area (Å²) in [6.45, 7) is 1.61. The van der Waals surface area contributed by atoms with E-state index in [9.17, 15) is 4.46 Å². The highest BCUT2D eigenvalue weighted by Crippen LogP contribution is 2.02. The van der Waals surface area contributed by atoms with Gasteiger partial charge in [0.2, 0.25) is 6.29 Å². The predicted octanol–water partition coefficient (Wildman–Crippen LogP) is -0.274.